The zero-order valence-corrected chi connectivity index (χ0v) is 20.1. The van der Waals surface area contributed by atoms with Gasteiger partial charge in [-0.3, -0.25) is 19.8 Å². The summed E-state index contributed by atoms with van der Waals surface area (Å²) in [6.07, 6.45) is 0.0590. The third kappa shape index (κ3) is 7.69. The van der Waals surface area contributed by atoms with Gasteiger partial charge in [-0.25, -0.2) is 0 Å². The minimum absolute atomic E-state index is 0. The number of carboxylic acid groups (broad SMARTS) is 1. The molecule has 0 aliphatic carbocycles. The van der Waals surface area contributed by atoms with Crippen molar-refractivity contribution < 1.29 is 29.7 Å². The normalized spacial score (nSPS) is 16.6. The standard InChI is InChI=1S/C24H28N4O5.ClH.H2O/c1-2-27-21(29)13-28-19(11-18(24(28)32)12-22(30)31)14-33-20-9-7-16(8-10-20)15-3-5-17(6-4-15)23(25)26;;/h3-10,18-19H,2,11-14H2,1H3,(H3,25,26)(H,27,29)(H,30,31);1H;1H2/t18-,19-;;/m0../s1. The fourth-order valence-corrected chi connectivity index (χ4v) is 3.90. The number of nitrogens with one attached hydrogen (secondary N) is 2. The Hall–Kier alpha value is -3.63. The lowest BCUT2D eigenvalue weighted by Crippen LogP contribution is -2.44. The van der Waals surface area contributed by atoms with E-state index in [2.05, 4.69) is 5.32 Å². The molecule has 35 heavy (non-hydrogen) atoms. The molecule has 2 amide bonds. The van der Waals surface area contributed by atoms with Gasteiger partial charge in [-0.1, -0.05) is 36.4 Å². The van der Waals surface area contributed by atoms with Gasteiger partial charge in [0.05, 0.1) is 24.9 Å². The number of hydrogen-bond acceptors (Lipinski definition) is 5. The van der Waals surface area contributed by atoms with Crippen molar-refractivity contribution in [3.63, 3.8) is 0 Å². The first-order valence-electron chi connectivity index (χ1n) is 10.7. The van der Waals surface area contributed by atoms with E-state index in [0.717, 1.165) is 11.1 Å². The van der Waals surface area contributed by atoms with Crippen molar-refractivity contribution >= 4 is 36.0 Å². The molecule has 0 bridgehead atoms. The van der Waals surface area contributed by atoms with Crippen LogP contribution in [0.3, 0.4) is 0 Å². The van der Waals surface area contributed by atoms with Crippen molar-refractivity contribution in [1.29, 1.82) is 5.41 Å². The highest BCUT2D eigenvalue weighted by Gasteiger charge is 2.41. The summed E-state index contributed by atoms with van der Waals surface area (Å²) >= 11 is 0. The minimum atomic E-state index is -1.04. The Morgan fingerprint density at radius 2 is 1.71 bits per heavy atom. The maximum absolute atomic E-state index is 12.7. The molecule has 1 aliphatic rings. The number of aliphatic carboxylic acids is 1. The fourth-order valence-electron chi connectivity index (χ4n) is 3.90. The van der Waals surface area contributed by atoms with E-state index < -0.39 is 11.9 Å². The van der Waals surface area contributed by atoms with Crippen LogP contribution in [0.4, 0.5) is 0 Å². The van der Waals surface area contributed by atoms with Crippen LogP contribution in [-0.4, -0.2) is 64.8 Å². The van der Waals surface area contributed by atoms with E-state index in [1.54, 1.807) is 19.1 Å². The van der Waals surface area contributed by atoms with Crippen LogP contribution in [0.5, 0.6) is 5.75 Å². The third-order valence-electron chi connectivity index (χ3n) is 5.56. The molecular formula is C24H31ClN4O6. The van der Waals surface area contributed by atoms with Gasteiger partial charge in [0.25, 0.3) is 0 Å². The highest BCUT2D eigenvalue weighted by atomic mass is 35.5. The number of carboxylic acids is 1. The molecular weight excluding hydrogens is 476 g/mol. The average molecular weight is 507 g/mol. The Morgan fingerprint density at radius 3 is 2.23 bits per heavy atom. The number of nitrogens with zero attached hydrogens (tertiary/aromatic N) is 1. The Kier molecular flexibility index (Phi) is 11.2. The van der Waals surface area contributed by atoms with E-state index in [-0.39, 0.29) is 61.1 Å². The molecule has 2 aromatic rings. The number of ether oxygens (including phenoxy) is 1. The number of hydrogen-bond donors (Lipinski definition) is 4. The lowest BCUT2D eigenvalue weighted by molar-refractivity contribution is -0.143. The maximum atomic E-state index is 12.7. The van der Waals surface area contributed by atoms with Crippen LogP contribution >= 0.6 is 12.4 Å². The van der Waals surface area contributed by atoms with Crippen molar-refractivity contribution in [1.82, 2.24) is 10.2 Å². The van der Waals surface area contributed by atoms with Gasteiger partial charge >= 0.3 is 5.97 Å². The van der Waals surface area contributed by atoms with Gasteiger partial charge in [0.2, 0.25) is 11.8 Å². The highest BCUT2D eigenvalue weighted by molar-refractivity contribution is 5.95. The molecule has 0 saturated carbocycles. The third-order valence-corrected chi connectivity index (χ3v) is 5.56. The molecule has 0 spiro atoms. The number of carbonyl (C=O) groups is 3. The van der Waals surface area contributed by atoms with E-state index >= 15 is 0 Å². The number of nitrogens with two attached hydrogens (primary N) is 1. The van der Waals surface area contributed by atoms with Crippen molar-refractivity contribution in [3.8, 4) is 16.9 Å². The Balaban J connectivity index is 0.00000306. The predicted molar refractivity (Wildman–Crippen MR) is 134 cm³/mol. The highest BCUT2D eigenvalue weighted by Crippen LogP contribution is 2.29. The molecule has 0 unspecified atom stereocenters. The number of likely N-dealkylation sites (N-methyl/N-ethyl adjacent to an activating group) is 1. The second-order valence-corrected chi connectivity index (χ2v) is 7.93. The van der Waals surface area contributed by atoms with Crippen LogP contribution < -0.4 is 15.8 Å². The number of likely N-dealkylation sites (tertiary alicyclic amines) is 1. The van der Waals surface area contributed by atoms with Gasteiger partial charge in [0, 0.05) is 12.1 Å². The van der Waals surface area contributed by atoms with Crippen LogP contribution in [0.25, 0.3) is 11.1 Å². The maximum Gasteiger partial charge on any atom is 0.304 e. The van der Waals surface area contributed by atoms with E-state index in [4.69, 9.17) is 21.0 Å². The molecule has 190 valence electrons. The number of benzene rings is 2. The van der Waals surface area contributed by atoms with Crippen molar-refractivity contribution in [2.24, 2.45) is 11.7 Å². The first-order chi connectivity index (χ1) is 15.8. The number of carbonyl (C=O) groups excluding carboxylic acids is 2. The lowest BCUT2D eigenvalue weighted by Gasteiger charge is -2.24. The van der Waals surface area contributed by atoms with Gasteiger partial charge < -0.3 is 31.3 Å². The molecule has 2 aromatic carbocycles. The quantitative estimate of drug-likeness (QED) is 0.279. The Bertz CT molecular complexity index is 1030. The molecule has 1 fully saturated rings. The van der Waals surface area contributed by atoms with Gasteiger partial charge in [-0.2, -0.15) is 0 Å². The van der Waals surface area contributed by atoms with E-state index in [1.165, 1.54) is 4.90 Å². The Morgan fingerprint density at radius 1 is 1.14 bits per heavy atom. The lowest BCUT2D eigenvalue weighted by atomic mass is 10.0. The minimum Gasteiger partial charge on any atom is -0.491 e. The summed E-state index contributed by atoms with van der Waals surface area (Å²) < 4.78 is 5.89. The van der Waals surface area contributed by atoms with Crippen LogP contribution in [0.1, 0.15) is 25.3 Å². The van der Waals surface area contributed by atoms with E-state index in [9.17, 15) is 14.4 Å². The number of rotatable bonds is 10. The van der Waals surface area contributed by atoms with Crippen molar-refractivity contribution in [3.05, 3.63) is 54.1 Å². The van der Waals surface area contributed by atoms with E-state index in [1.807, 2.05) is 36.4 Å². The molecule has 0 radical (unpaired) electrons. The topological polar surface area (TPSA) is 177 Å². The van der Waals surface area contributed by atoms with Gasteiger partial charge in [0.15, 0.2) is 0 Å². The monoisotopic (exact) mass is 506 g/mol. The molecule has 7 N–H and O–H groups in total. The van der Waals surface area contributed by atoms with Gasteiger partial charge in [-0.05, 0) is 36.6 Å². The van der Waals surface area contributed by atoms with Gasteiger partial charge in [-0.15, -0.1) is 12.4 Å². The summed E-state index contributed by atoms with van der Waals surface area (Å²) in [6.45, 7) is 2.28. The SMILES string of the molecule is CCNC(=O)CN1C(=O)[C@H](CC(=O)O)C[C@H]1COc1ccc(-c2ccc(C(=N)N)cc2)cc1.Cl.O. The van der Waals surface area contributed by atoms with Crippen molar-refractivity contribution in [2.75, 3.05) is 19.7 Å². The van der Waals surface area contributed by atoms with Crippen LogP contribution in [0.2, 0.25) is 0 Å². The van der Waals surface area contributed by atoms with Crippen molar-refractivity contribution in [2.45, 2.75) is 25.8 Å². The predicted octanol–water partition coefficient (Wildman–Crippen LogP) is 1.44. The smallest absolute Gasteiger partial charge is 0.304 e. The summed E-state index contributed by atoms with van der Waals surface area (Å²) in [5.74, 6) is -1.70. The number of halogens is 1. The average Bonchev–Trinajstić information content (AvgIpc) is 3.06. The first-order valence-corrected chi connectivity index (χ1v) is 10.7. The molecule has 0 aromatic heterocycles. The second kappa shape index (κ2) is 13.3. The van der Waals surface area contributed by atoms with Crippen LogP contribution in [0.15, 0.2) is 48.5 Å². The zero-order valence-electron chi connectivity index (χ0n) is 19.3. The summed E-state index contributed by atoms with van der Waals surface area (Å²) in [6, 6.07) is 14.4. The summed E-state index contributed by atoms with van der Waals surface area (Å²) in [7, 11) is 0. The summed E-state index contributed by atoms with van der Waals surface area (Å²) in [5.41, 5.74) is 8.08. The van der Waals surface area contributed by atoms with E-state index in [0.29, 0.717) is 24.3 Å². The molecule has 1 heterocycles. The molecule has 2 atom stereocenters. The molecule has 3 rings (SSSR count). The number of amidine groups is 1. The summed E-state index contributed by atoms with van der Waals surface area (Å²) in [5, 5.41) is 19.2. The number of nitrogen functional groups attached to an aromatic ring is 1. The largest absolute Gasteiger partial charge is 0.491 e. The molecule has 10 nitrogen and oxygen atoms in total. The second-order valence-electron chi connectivity index (χ2n) is 7.93. The van der Waals surface area contributed by atoms with Crippen LogP contribution in [0, 0.1) is 11.3 Å². The van der Waals surface area contributed by atoms with Crippen LogP contribution in [-0.2, 0) is 14.4 Å². The molecule has 1 aliphatic heterocycles. The number of amides is 2. The molecule has 1 saturated heterocycles. The first kappa shape index (κ1) is 29.4. The summed E-state index contributed by atoms with van der Waals surface area (Å²) in [4.78, 5) is 37.3. The Labute approximate surface area is 209 Å². The molecule has 11 heteroatoms. The fraction of sp³-hybridized carbons (Fsp3) is 0.333. The van der Waals surface area contributed by atoms with Gasteiger partial charge in [0.1, 0.15) is 18.2 Å². The zero-order chi connectivity index (χ0) is 24.0.